The molecule has 0 aliphatic carbocycles. The van der Waals surface area contributed by atoms with Crippen LogP contribution in [0.5, 0.6) is 0 Å². The third kappa shape index (κ3) is 6.29. The Balaban J connectivity index is 1.68. The van der Waals surface area contributed by atoms with Gasteiger partial charge in [0.15, 0.2) is 0 Å². The first kappa shape index (κ1) is 23.7. The Kier molecular flexibility index (Phi) is 7.61. The molecule has 1 N–H and O–H groups in total. The summed E-state index contributed by atoms with van der Waals surface area (Å²) < 4.78 is 30.9. The van der Waals surface area contributed by atoms with Crippen molar-refractivity contribution < 1.29 is 22.7 Å². The number of hydrogen-bond donors (Lipinski definition) is 1. The van der Waals surface area contributed by atoms with Crippen molar-refractivity contribution in [3.63, 3.8) is 0 Å². The molecule has 0 bridgehead atoms. The lowest BCUT2D eigenvalue weighted by Crippen LogP contribution is -2.34. The van der Waals surface area contributed by atoms with E-state index in [2.05, 4.69) is 17.2 Å². The van der Waals surface area contributed by atoms with Crippen molar-refractivity contribution in [2.75, 3.05) is 26.0 Å². The van der Waals surface area contributed by atoms with E-state index in [0.717, 1.165) is 4.31 Å². The van der Waals surface area contributed by atoms with Gasteiger partial charge in [0.2, 0.25) is 15.9 Å². The van der Waals surface area contributed by atoms with Crippen molar-refractivity contribution in [3.8, 4) is 11.8 Å². The standard InChI is InChI=1S/C25H22N2O5S/c1-27(33(30,31)23-12-4-3-5-13-23)18-24(28)26-22-11-7-9-20(17-22)15-14-19-8-6-10-21(16-19)25(29)32-2/h3-13,16-17H,18H2,1-2H3,(H,26,28). The fraction of sp³-hybridized carbons (Fsp3) is 0.120. The zero-order valence-corrected chi connectivity index (χ0v) is 18.9. The number of anilines is 1. The van der Waals surface area contributed by atoms with Gasteiger partial charge in [-0.1, -0.05) is 42.2 Å². The Bertz CT molecular complexity index is 1330. The van der Waals surface area contributed by atoms with Gasteiger partial charge in [0, 0.05) is 23.9 Å². The summed E-state index contributed by atoms with van der Waals surface area (Å²) >= 11 is 0. The monoisotopic (exact) mass is 462 g/mol. The fourth-order valence-corrected chi connectivity index (χ4v) is 4.07. The van der Waals surface area contributed by atoms with Crippen molar-refractivity contribution >= 4 is 27.6 Å². The number of likely N-dealkylation sites (N-methyl/N-ethyl adjacent to an activating group) is 1. The molecule has 0 heterocycles. The number of nitrogens with zero attached hydrogens (tertiary/aromatic N) is 1. The molecular weight excluding hydrogens is 440 g/mol. The number of hydrogen-bond acceptors (Lipinski definition) is 5. The Morgan fingerprint density at radius 1 is 0.909 bits per heavy atom. The second-order valence-electron chi connectivity index (χ2n) is 7.03. The maximum absolute atomic E-state index is 12.6. The first-order chi connectivity index (χ1) is 15.8. The molecule has 3 aromatic rings. The molecule has 8 heteroatoms. The summed E-state index contributed by atoms with van der Waals surface area (Å²) in [5, 5.41) is 2.69. The Morgan fingerprint density at radius 2 is 1.55 bits per heavy atom. The van der Waals surface area contributed by atoms with Gasteiger partial charge in [-0.25, -0.2) is 13.2 Å². The highest BCUT2D eigenvalue weighted by atomic mass is 32.2. The maximum Gasteiger partial charge on any atom is 0.337 e. The number of amides is 1. The highest BCUT2D eigenvalue weighted by Crippen LogP contribution is 2.14. The highest BCUT2D eigenvalue weighted by molar-refractivity contribution is 7.89. The zero-order valence-electron chi connectivity index (χ0n) is 18.1. The summed E-state index contributed by atoms with van der Waals surface area (Å²) in [6, 6.07) is 21.6. The number of sulfonamides is 1. The summed E-state index contributed by atoms with van der Waals surface area (Å²) in [6.07, 6.45) is 0. The molecule has 0 fully saturated rings. The zero-order chi connectivity index (χ0) is 23.8. The van der Waals surface area contributed by atoms with E-state index in [1.165, 1.54) is 26.3 Å². The summed E-state index contributed by atoms with van der Waals surface area (Å²) in [6.45, 7) is -0.340. The fourth-order valence-electron chi connectivity index (χ4n) is 2.92. The molecule has 0 radical (unpaired) electrons. The van der Waals surface area contributed by atoms with Crippen LogP contribution in [0.3, 0.4) is 0 Å². The van der Waals surface area contributed by atoms with Crippen LogP contribution in [0.1, 0.15) is 21.5 Å². The van der Waals surface area contributed by atoms with E-state index < -0.39 is 21.9 Å². The van der Waals surface area contributed by atoms with Crippen molar-refractivity contribution in [2.24, 2.45) is 0 Å². The van der Waals surface area contributed by atoms with Gasteiger partial charge in [0.1, 0.15) is 0 Å². The van der Waals surface area contributed by atoms with Crippen LogP contribution in [0, 0.1) is 11.8 Å². The minimum Gasteiger partial charge on any atom is -0.465 e. The second-order valence-corrected chi connectivity index (χ2v) is 9.07. The van der Waals surface area contributed by atoms with E-state index in [1.54, 1.807) is 66.7 Å². The molecule has 0 spiro atoms. The number of nitrogens with one attached hydrogen (secondary N) is 1. The number of carbonyl (C=O) groups excluding carboxylic acids is 2. The van der Waals surface area contributed by atoms with E-state index >= 15 is 0 Å². The number of methoxy groups -OCH3 is 1. The molecule has 168 valence electrons. The molecule has 1 amide bonds. The second kappa shape index (κ2) is 10.6. The average molecular weight is 463 g/mol. The third-order valence-corrected chi connectivity index (χ3v) is 6.42. The number of carbonyl (C=O) groups is 2. The van der Waals surface area contributed by atoms with Gasteiger partial charge in [-0.15, -0.1) is 0 Å². The molecule has 0 aliphatic rings. The van der Waals surface area contributed by atoms with Gasteiger partial charge in [0.05, 0.1) is 24.1 Å². The lowest BCUT2D eigenvalue weighted by atomic mass is 10.1. The topological polar surface area (TPSA) is 92.8 Å². The molecule has 0 saturated heterocycles. The molecule has 0 unspecified atom stereocenters. The van der Waals surface area contributed by atoms with E-state index in [4.69, 9.17) is 4.74 Å². The first-order valence-electron chi connectivity index (χ1n) is 9.91. The van der Waals surface area contributed by atoms with Gasteiger partial charge in [-0.05, 0) is 48.5 Å². The summed E-state index contributed by atoms with van der Waals surface area (Å²) in [5.74, 6) is 5.04. The largest absolute Gasteiger partial charge is 0.465 e. The maximum atomic E-state index is 12.6. The molecule has 33 heavy (non-hydrogen) atoms. The predicted molar refractivity (Wildman–Crippen MR) is 125 cm³/mol. The van der Waals surface area contributed by atoms with Crippen LogP contribution in [0.2, 0.25) is 0 Å². The van der Waals surface area contributed by atoms with Crippen LogP contribution in [0.4, 0.5) is 5.69 Å². The average Bonchev–Trinajstić information content (AvgIpc) is 2.83. The van der Waals surface area contributed by atoms with Crippen molar-refractivity contribution in [3.05, 3.63) is 95.6 Å². The molecule has 3 rings (SSSR count). The Labute approximate surface area is 193 Å². The van der Waals surface area contributed by atoms with Gasteiger partial charge >= 0.3 is 5.97 Å². The molecule has 3 aromatic carbocycles. The minimum atomic E-state index is -3.77. The van der Waals surface area contributed by atoms with Gasteiger partial charge in [0.25, 0.3) is 0 Å². The first-order valence-corrected chi connectivity index (χ1v) is 11.4. The van der Waals surface area contributed by atoms with Crippen LogP contribution in [0.25, 0.3) is 0 Å². The predicted octanol–water partition coefficient (Wildman–Crippen LogP) is 3.13. The van der Waals surface area contributed by atoms with Crippen molar-refractivity contribution in [2.45, 2.75) is 4.90 Å². The lowest BCUT2D eigenvalue weighted by Gasteiger charge is -2.17. The Morgan fingerprint density at radius 3 is 2.21 bits per heavy atom. The SMILES string of the molecule is COC(=O)c1cccc(C#Cc2cccc(NC(=O)CN(C)S(=O)(=O)c3ccccc3)c2)c1. The number of esters is 1. The molecule has 7 nitrogen and oxygen atoms in total. The molecule has 0 aromatic heterocycles. The summed E-state index contributed by atoms with van der Waals surface area (Å²) in [7, 11) is -1.10. The van der Waals surface area contributed by atoms with Gasteiger partial charge < -0.3 is 10.1 Å². The van der Waals surface area contributed by atoms with Crippen LogP contribution < -0.4 is 5.32 Å². The Hall–Kier alpha value is -3.93. The highest BCUT2D eigenvalue weighted by Gasteiger charge is 2.22. The molecule has 0 saturated carbocycles. The van der Waals surface area contributed by atoms with E-state index in [-0.39, 0.29) is 11.4 Å². The number of ether oxygens (including phenoxy) is 1. The van der Waals surface area contributed by atoms with Crippen LogP contribution >= 0.6 is 0 Å². The van der Waals surface area contributed by atoms with E-state index in [1.807, 2.05) is 0 Å². The normalized spacial score (nSPS) is 10.8. The summed E-state index contributed by atoms with van der Waals surface area (Å²) in [4.78, 5) is 24.2. The minimum absolute atomic E-state index is 0.119. The number of benzene rings is 3. The number of rotatable bonds is 6. The van der Waals surface area contributed by atoms with E-state index in [9.17, 15) is 18.0 Å². The summed E-state index contributed by atoms with van der Waals surface area (Å²) in [5.41, 5.74) is 2.17. The third-order valence-electron chi connectivity index (χ3n) is 4.60. The van der Waals surface area contributed by atoms with Crippen molar-refractivity contribution in [1.82, 2.24) is 4.31 Å². The smallest absolute Gasteiger partial charge is 0.337 e. The molecular formula is C25H22N2O5S. The van der Waals surface area contributed by atoms with Crippen molar-refractivity contribution in [1.29, 1.82) is 0 Å². The van der Waals surface area contributed by atoms with Crippen LogP contribution in [-0.4, -0.2) is 45.3 Å². The van der Waals surface area contributed by atoms with Crippen LogP contribution in [0.15, 0.2) is 83.8 Å². The van der Waals surface area contributed by atoms with Gasteiger partial charge in [-0.3, -0.25) is 4.79 Å². The molecule has 0 atom stereocenters. The van der Waals surface area contributed by atoms with Gasteiger partial charge in [-0.2, -0.15) is 4.31 Å². The quantitative estimate of drug-likeness (QED) is 0.449. The van der Waals surface area contributed by atoms with Crippen LogP contribution in [-0.2, 0) is 19.6 Å². The molecule has 0 aliphatic heterocycles. The van der Waals surface area contributed by atoms with E-state index in [0.29, 0.717) is 22.4 Å². The lowest BCUT2D eigenvalue weighted by molar-refractivity contribution is -0.116.